The number of hydrogen-bond donors (Lipinski definition) is 0. The van der Waals surface area contributed by atoms with Crippen LogP contribution in [-0.2, 0) is 18.3 Å². The average Bonchev–Trinajstić information content (AvgIpc) is 3.02. The van der Waals surface area contributed by atoms with Gasteiger partial charge < -0.3 is 14.2 Å². The number of carbonyl (C=O) groups excluding carboxylic acids is 1. The largest absolute Gasteiger partial charge is 0.472 e. The molecule has 154 valence electrons. The van der Waals surface area contributed by atoms with Gasteiger partial charge in [0, 0.05) is 53.8 Å². The van der Waals surface area contributed by atoms with Crippen molar-refractivity contribution in [3.05, 3.63) is 59.9 Å². The zero-order chi connectivity index (χ0) is 20.2. The number of aromatic nitrogens is 2. The molecular formula is C25H27N3O2. The lowest BCUT2D eigenvalue weighted by Crippen LogP contribution is -2.58. The third kappa shape index (κ3) is 2.68. The lowest BCUT2D eigenvalue weighted by molar-refractivity contribution is -0.145. The molecule has 0 radical (unpaired) electrons. The predicted octanol–water partition coefficient (Wildman–Crippen LogP) is 4.06. The van der Waals surface area contributed by atoms with Crippen molar-refractivity contribution in [1.82, 2.24) is 14.5 Å². The van der Waals surface area contributed by atoms with E-state index in [4.69, 9.17) is 4.74 Å². The van der Waals surface area contributed by atoms with Crippen LogP contribution in [0.1, 0.15) is 42.9 Å². The van der Waals surface area contributed by atoms with Gasteiger partial charge in [-0.15, -0.1) is 0 Å². The van der Waals surface area contributed by atoms with E-state index in [0.29, 0.717) is 18.3 Å². The summed E-state index contributed by atoms with van der Waals surface area (Å²) in [7, 11) is 2.17. The number of piperidine rings is 1. The number of carbonyl (C=O) groups is 1. The minimum absolute atomic E-state index is 0.0813. The summed E-state index contributed by atoms with van der Waals surface area (Å²) in [6.45, 7) is 0.655. The number of rotatable bonds is 3. The lowest BCUT2D eigenvalue weighted by Gasteiger charge is -2.48. The molecule has 5 heteroatoms. The molecule has 6 rings (SSSR count). The van der Waals surface area contributed by atoms with Gasteiger partial charge in [-0.1, -0.05) is 30.7 Å². The van der Waals surface area contributed by atoms with Crippen LogP contribution in [0.25, 0.3) is 10.9 Å². The summed E-state index contributed by atoms with van der Waals surface area (Å²) >= 11 is 0. The number of para-hydroxylation sites is 1. The standard InChI is InChI=1S/C25H27N3O2/c1-27-21-10-3-2-9-18(21)19-13-17-14-20(24(19)27)22(30-23-11-4-5-12-26-23)15-28(17)25(29)16-7-6-8-16/h2-5,9-12,16-17,20,22H,6-8,13-15H2,1H3/t17-,20+,22-/m0/s1. The Morgan fingerprint density at radius 2 is 1.97 bits per heavy atom. The van der Waals surface area contributed by atoms with E-state index in [-0.39, 0.29) is 24.0 Å². The van der Waals surface area contributed by atoms with Crippen molar-refractivity contribution in [2.45, 2.75) is 50.2 Å². The van der Waals surface area contributed by atoms with Crippen LogP contribution in [0, 0.1) is 5.92 Å². The highest BCUT2D eigenvalue weighted by Crippen LogP contribution is 2.45. The molecule has 3 aromatic rings. The minimum Gasteiger partial charge on any atom is -0.472 e. The summed E-state index contributed by atoms with van der Waals surface area (Å²) in [5, 5.41) is 1.32. The molecule has 2 aromatic heterocycles. The third-order valence-electron chi connectivity index (χ3n) is 7.49. The lowest BCUT2D eigenvalue weighted by atomic mass is 9.75. The molecule has 1 aliphatic heterocycles. The molecule has 5 nitrogen and oxygen atoms in total. The Kier molecular flexibility index (Phi) is 4.12. The van der Waals surface area contributed by atoms with Crippen molar-refractivity contribution in [2.75, 3.05) is 6.54 Å². The molecule has 1 amide bonds. The van der Waals surface area contributed by atoms with Gasteiger partial charge in [0.15, 0.2) is 0 Å². The number of likely N-dealkylation sites (tertiary alicyclic amines) is 1. The molecule has 1 saturated heterocycles. The SMILES string of the molecule is Cn1c2c(c3ccccc31)C[C@H]1C[C@@H]2[C@@H](Oc2ccccn2)CN1C(=O)C1CCC1. The predicted molar refractivity (Wildman–Crippen MR) is 115 cm³/mol. The van der Waals surface area contributed by atoms with Crippen molar-refractivity contribution in [2.24, 2.45) is 13.0 Å². The Balaban J connectivity index is 1.44. The highest BCUT2D eigenvalue weighted by Gasteiger charge is 2.47. The number of hydrogen-bond acceptors (Lipinski definition) is 3. The molecule has 0 N–H and O–H groups in total. The van der Waals surface area contributed by atoms with Crippen LogP contribution in [0.2, 0.25) is 0 Å². The molecule has 0 unspecified atom stereocenters. The summed E-state index contributed by atoms with van der Waals surface area (Å²) in [6, 6.07) is 14.7. The Morgan fingerprint density at radius 3 is 2.73 bits per heavy atom. The quantitative estimate of drug-likeness (QED) is 0.665. The van der Waals surface area contributed by atoms with Crippen LogP contribution < -0.4 is 4.74 Å². The number of amides is 1. The molecule has 3 heterocycles. The van der Waals surface area contributed by atoms with E-state index in [9.17, 15) is 4.79 Å². The normalized spacial score (nSPS) is 25.6. The molecule has 0 spiro atoms. The minimum atomic E-state index is -0.0813. The molecule has 2 aliphatic carbocycles. The first kappa shape index (κ1) is 18.0. The molecular weight excluding hydrogens is 374 g/mol. The van der Waals surface area contributed by atoms with Gasteiger partial charge in [0.25, 0.3) is 0 Å². The van der Waals surface area contributed by atoms with Gasteiger partial charge >= 0.3 is 0 Å². The van der Waals surface area contributed by atoms with Crippen LogP contribution in [0.4, 0.5) is 0 Å². The molecule has 30 heavy (non-hydrogen) atoms. The van der Waals surface area contributed by atoms with Gasteiger partial charge in [-0.25, -0.2) is 4.98 Å². The van der Waals surface area contributed by atoms with Crippen LogP contribution in [0.5, 0.6) is 5.88 Å². The topological polar surface area (TPSA) is 47.4 Å². The van der Waals surface area contributed by atoms with Crippen LogP contribution in [0.3, 0.4) is 0 Å². The van der Waals surface area contributed by atoms with Crippen molar-refractivity contribution in [3.63, 3.8) is 0 Å². The molecule has 3 atom stereocenters. The second-order valence-corrected chi connectivity index (χ2v) is 9.08. The number of pyridine rings is 1. The molecule has 2 fully saturated rings. The number of nitrogens with zero attached hydrogens (tertiary/aromatic N) is 3. The van der Waals surface area contributed by atoms with E-state index in [1.165, 1.54) is 28.6 Å². The zero-order valence-electron chi connectivity index (χ0n) is 17.3. The van der Waals surface area contributed by atoms with Crippen molar-refractivity contribution < 1.29 is 9.53 Å². The first-order valence-electron chi connectivity index (χ1n) is 11.1. The highest BCUT2D eigenvalue weighted by molar-refractivity contribution is 5.87. The van der Waals surface area contributed by atoms with E-state index in [1.54, 1.807) is 6.20 Å². The maximum absolute atomic E-state index is 13.3. The first-order valence-corrected chi connectivity index (χ1v) is 11.1. The fourth-order valence-corrected chi connectivity index (χ4v) is 5.79. The molecule has 1 aromatic carbocycles. The summed E-state index contributed by atoms with van der Waals surface area (Å²) in [5.74, 6) is 1.46. The maximum Gasteiger partial charge on any atom is 0.226 e. The second-order valence-electron chi connectivity index (χ2n) is 9.08. The third-order valence-corrected chi connectivity index (χ3v) is 7.49. The van der Waals surface area contributed by atoms with Crippen molar-refractivity contribution in [1.29, 1.82) is 0 Å². The number of fused-ring (bicyclic) bond motifs is 6. The maximum atomic E-state index is 13.3. The van der Waals surface area contributed by atoms with Gasteiger partial charge in [-0.3, -0.25) is 4.79 Å². The number of benzene rings is 1. The monoisotopic (exact) mass is 401 g/mol. The first-order chi connectivity index (χ1) is 14.7. The Bertz CT molecular complexity index is 1100. The van der Waals surface area contributed by atoms with Gasteiger partial charge in [0.05, 0.1) is 6.54 Å². The van der Waals surface area contributed by atoms with Gasteiger partial charge in [-0.05, 0) is 43.4 Å². The van der Waals surface area contributed by atoms with E-state index < -0.39 is 0 Å². The van der Waals surface area contributed by atoms with Crippen molar-refractivity contribution >= 4 is 16.8 Å². The van der Waals surface area contributed by atoms with Crippen LogP contribution in [0.15, 0.2) is 48.7 Å². The highest BCUT2D eigenvalue weighted by atomic mass is 16.5. The van der Waals surface area contributed by atoms with Crippen molar-refractivity contribution in [3.8, 4) is 5.88 Å². The fourth-order valence-electron chi connectivity index (χ4n) is 5.79. The van der Waals surface area contributed by atoms with Gasteiger partial charge in [-0.2, -0.15) is 0 Å². The van der Waals surface area contributed by atoms with Gasteiger partial charge in [0.1, 0.15) is 6.10 Å². The molecule has 1 saturated carbocycles. The second kappa shape index (κ2) is 6.86. The summed E-state index contributed by atoms with van der Waals surface area (Å²) in [5.41, 5.74) is 4.04. The smallest absolute Gasteiger partial charge is 0.226 e. The van der Waals surface area contributed by atoms with Crippen LogP contribution >= 0.6 is 0 Å². The molecule has 3 aliphatic rings. The Morgan fingerprint density at radius 1 is 1.13 bits per heavy atom. The summed E-state index contributed by atoms with van der Waals surface area (Å²) in [6.07, 6.45) is 6.85. The molecule has 2 bridgehead atoms. The summed E-state index contributed by atoms with van der Waals surface area (Å²) < 4.78 is 8.79. The summed E-state index contributed by atoms with van der Waals surface area (Å²) in [4.78, 5) is 19.9. The van der Waals surface area contributed by atoms with E-state index >= 15 is 0 Å². The van der Waals surface area contributed by atoms with Crippen LogP contribution in [-0.4, -0.2) is 39.0 Å². The Hall–Kier alpha value is -2.82. The number of ether oxygens (including phenoxy) is 1. The van der Waals surface area contributed by atoms with E-state index in [1.807, 2.05) is 18.2 Å². The average molecular weight is 402 g/mol. The van der Waals surface area contributed by atoms with E-state index in [2.05, 4.69) is 45.8 Å². The van der Waals surface area contributed by atoms with E-state index in [0.717, 1.165) is 25.7 Å². The zero-order valence-corrected chi connectivity index (χ0v) is 17.3. The Labute approximate surface area is 176 Å². The number of aryl methyl sites for hydroxylation is 1. The van der Waals surface area contributed by atoms with Gasteiger partial charge in [0.2, 0.25) is 11.8 Å². The fraction of sp³-hybridized carbons (Fsp3) is 0.440.